The molecule has 0 fully saturated rings. The summed E-state index contributed by atoms with van der Waals surface area (Å²) < 4.78 is 6.60. The van der Waals surface area contributed by atoms with Crippen molar-refractivity contribution in [3.05, 3.63) is 35.0 Å². The first-order valence-electron chi connectivity index (χ1n) is 5.07. The number of aromatic nitrogens is 3. The van der Waals surface area contributed by atoms with Gasteiger partial charge >= 0.3 is 0 Å². The van der Waals surface area contributed by atoms with E-state index >= 15 is 0 Å². The Labute approximate surface area is 95.8 Å². The summed E-state index contributed by atoms with van der Waals surface area (Å²) in [7, 11) is 0. The van der Waals surface area contributed by atoms with Gasteiger partial charge in [-0.2, -0.15) is 0 Å². The third-order valence-corrected chi connectivity index (χ3v) is 2.41. The lowest BCUT2D eigenvalue weighted by molar-refractivity contribution is 0.305. The van der Waals surface area contributed by atoms with E-state index in [1.165, 1.54) is 10.9 Å². The van der Waals surface area contributed by atoms with Crippen LogP contribution in [0, 0.1) is 0 Å². The molecule has 0 saturated heterocycles. The quantitative estimate of drug-likeness (QED) is 0.766. The normalized spacial score (nSPS) is 14.2. The highest BCUT2D eigenvalue weighted by molar-refractivity contribution is 5.77. The molecule has 1 N–H and O–H groups in total. The van der Waals surface area contributed by atoms with Gasteiger partial charge in [0.1, 0.15) is 12.9 Å². The van der Waals surface area contributed by atoms with Crippen LogP contribution in [0.2, 0.25) is 0 Å². The Morgan fingerprint density at radius 1 is 1.47 bits per heavy atom. The Morgan fingerprint density at radius 2 is 2.41 bits per heavy atom. The van der Waals surface area contributed by atoms with Crippen LogP contribution in [-0.2, 0) is 11.3 Å². The molecule has 0 amide bonds. The van der Waals surface area contributed by atoms with Crippen LogP contribution in [0.3, 0.4) is 0 Å². The molecule has 0 atom stereocenters. The molecule has 0 saturated carbocycles. The van der Waals surface area contributed by atoms with Gasteiger partial charge in [0.2, 0.25) is 5.90 Å². The van der Waals surface area contributed by atoms with E-state index in [0.29, 0.717) is 23.7 Å². The Kier molecular flexibility index (Phi) is 2.21. The average Bonchev–Trinajstić information content (AvgIpc) is 2.86. The van der Waals surface area contributed by atoms with E-state index in [1.807, 2.05) is 0 Å². The van der Waals surface area contributed by atoms with Crippen molar-refractivity contribution in [1.82, 2.24) is 20.0 Å². The highest BCUT2D eigenvalue weighted by atomic mass is 16.5. The minimum absolute atomic E-state index is 0.152. The zero-order valence-corrected chi connectivity index (χ0v) is 8.83. The number of pyridine rings is 1. The maximum Gasteiger partial charge on any atom is 0.263 e. The maximum absolute atomic E-state index is 12.1. The van der Waals surface area contributed by atoms with Crippen LogP contribution in [0.25, 0.3) is 11.0 Å². The van der Waals surface area contributed by atoms with Gasteiger partial charge < -0.3 is 4.74 Å². The summed E-state index contributed by atoms with van der Waals surface area (Å²) >= 11 is 0. The first-order valence-corrected chi connectivity index (χ1v) is 5.07. The number of rotatable bonds is 2. The maximum atomic E-state index is 12.1. The Balaban J connectivity index is 2.05. The molecule has 86 valence electrons. The molecular weight excluding hydrogens is 222 g/mol. The second-order valence-corrected chi connectivity index (χ2v) is 3.50. The van der Waals surface area contributed by atoms with Gasteiger partial charge in [-0.1, -0.05) is 0 Å². The minimum Gasteiger partial charge on any atom is -0.456 e. The van der Waals surface area contributed by atoms with Crippen molar-refractivity contribution in [2.75, 3.05) is 6.73 Å². The van der Waals surface area contributed by atoms with Crippen LogP contribution in [0.1, 0.15) is 0 Å². The van der Waals surface area contributed by atoms with Crippen molar-refractivity contribution >= 4 is 16.9 Å². The van der Waals surface area contributed by atoms with E-state index in [-0.39, 0.29) is 12.1 Å². The van der Waals surface area contributed by atoms with Gasteiger partial charge in [0.05, 0.1) is 5.39 Å². The molecule has 7 nitrogen and oxygen atoms in total. The topological polar surface area (TPSA) is 81.4 Å². The van der Waals surface area contributed by atoms with Crippen LogP contribution in [-0.4, -0.2) is 27.2 Å². The van der Waals surface area contributed by atoms with Crippen LogP contribution in [0.15, 0.2) is 34.6 Å². The molecule has 3 heterocycles. The average molecular weight is 231 g/mol. The molecule has 0 bridgehead atoms. The number of hydrogen-bond donors (Lipinski definition) is 1. The molecule has 1 aliphatic heterocycles. The van der Waals surface area contributed by atoms with E-state index in [2.05, 4.69) is 20.5 Å². The van der Waals surface area contributed by atoms with Gasteiger partial charge in [-0.05, 0) is 12.1 Å². The molecule has 0 radical (unpaired) electrons. The predicted molar refractivity (Wildman–Crippen MR) is 60.3 cm³/mol. The molecule has 0 spiro atoms. The summed E-state index contributed by atoms with van der Waals surface area (Å²) in [6, 6.07) is 3.41. The Hall–Kier alpha value is -2.44. The number of hydrogen-bond acceptors (Lipinski definition) is 6. The molecule has 2 aromatic rings. The smallest absolute Gasteiger partial charge is 0.263 e. The number of ether oxygens (including phenoxy) is 1. The lowest BCUT2D eigenvalue weighted by atomic mass is 10.3. The largest absolute Gasteiger partial charge is 0.456 e. The number of nitrogens with zero attached hydrogens (tertiary/aromatic N) is 4. The first kappa shape index (κ1) is 9.76. The van der Waals surface area contributed by atoms with Crippen molar-refractivity contribution in [3.8, 4) is 0 Å². The zero-order valence-electron chi connectivity index (χ0n) is 8.83. The summed E-state index contributed by atoms with van der Waals surface area (Å²) in [5, 5.41) is 4.38. The molecule has 3 rings (SSSR count). The number of fused-ring (bicyclic) bond motifs is 1. The summed E-state index contributed by atoms with van der Waals surface area (Å²) in [4.78, 5) is 20.2. The minimum atomic E-state index is -0.152. The van der Waals surface area contributed by atoms with Crippen LogP contribution in [0.4, 0.5) is 0 Å². The fourth-order valence-electron chi connectivity index (χ4n) is 1.61. The molecule has 0 aromatic carbocycles. The van der Waals surface area contributed by atoms with Crippen molar-refractivity contribution in [2.45, 2.75) is 6.54 Å². The van der Waals surface area contributed by atoms with Crippen LogP contribution in [0.5, 0.6) is 0 Å². The molecule has 0 unspecified atom stereocenters. The van der Waals surface area contributed by atoms with Crippen LogP contribution >= 0.6 is 0 Å². The third-order valence-electron chi connectivity index (χ3n) is 2.41. The van der Waals surface area contributed by atoms with Gasteiger partial charge in [-0.15, -0.1) is 5.10 Å². The van der Waals surface area contributed by atoms with Crippen molar-refractivity contribution in [2.24, 2.45) is 5.10 Å². The van der Waals surface area contributed by atoms with E-state index in [9.17, 15) is 4.79 Å². The standard InChI is InChI=1S/C10H9N5O2/c16-10-7-2-1-3-11-9(7)12-5-15(10)4-8-14-13-6-17-8/h1-3,5,13H,4,6H2. The molecule has 2 aromatic heterocycles. The molecule has 17 heavy (non-hydrogen) atoms. The van der Waals surface area contributed by atoms with Gasteiger partial charge in [-0.25, -0.2) is 9.97 Å². The molecule has 1 aliphatic rings. The third kappa shape index (κ3) is 1.71. The van der Waals surface area contributed by atoms with E-state index in [0.717, 1.165) is 0 Å². The molecule has 7 heteroatoms. The van der Waals surface area contributed by atoms with Gasteiger partial charge in [0.25, 0.3) is 5.56 Å². The van der Waals surface area contributed by atoms with Crippen molar-refractivity contribution < 1.29 is 4.74 Å². The summed E-state index contributed by atoms with van der Waals surface area (Å²) in [5.74, 6) is 0.470. The predicted octanol–water partition coefficient (Wildman–Crippen LogP) is -0.318. The fourth-order valence-corrected chi connectivity index (χ4v) is 1.61. The summed E-state index contributed by atoms with van der Waals surface area (Å²) in [6.45, 7) is 0.607. The monoisotopic (exact) mass is 231 g/mol. The van der Waals surface area contributed by atoms with Gasteiger partial charge in [-0.3, -0.25) is 14.8 Å². The summed E-state index contributed by atoms with van der Waals surface area (Å²) in [6.07, 6.45) is 3.05. The highest BCUT2D eigenvalue weighted by Gasteiger charge is 2.10. The number of hydrazone groups is 1. The second-order valence-electron chi connectivity index (χ2n) is 3.50. The van der Waals surface area contributed by atoms with Gasteiger partial charge in [0.15, 0.2) is 12.4 Å². The van der Waals surface area contributed by atoms with E-state index < -0.39 is 0 Å². The van der Waals surface area contributed by atoms with Crippen molar-refractivity contribution in [3.63, 3.8) is 0 Å². The summed E-state index contributed by atoms with van der Waals surface area (Å²) in [5.41, 5.74) is 2.96. The molecular formula is C10H9N5O2. The van der Waals surface area contributed by atoms with Crippen LogP contribution < -0.4 is 11.0 Å². The lowest BCUT2D eigenvalue weighted by Gasteiger charge is -2.04. The zero-order chi connectivity index (χ0) is 11.7. The molecule has 0 aliphatic carbocycles. The highest BCUT2D eigenvalue weighted by Crippen LogP contribution is 2.01. The van der Waals surface area contributed by atoms with Crippen molar-refractivity contribution in [1.29, 1.82) is 0 Å². The first-order chi connectivity index (χ1) is 8.34. The second kappa shape index (κ2) is 3.85. The Morgan fingerprint density at radius 3 is 3.24 bits per heavy atom. The SMILES string of the molecule is O=c1c2cccnc2ncn1CC1=NNCO1. The number of nitrogens with one attached hydrogen (secondary N) is 1. The van der Waals surface area contributed by atoms with Gasteiger partial charge in [0, 0.05) is 6.20 Å². The van der Waals surface area contributed by atoms with E-state index in [4.69, 9.17) is 4.74 Å². The lowest BCUT2D eigenvalue weighted by Crippen LogP contribution is -2.25. The Bertz CT molecular complexity index is 648. The van der Waals surface area contributed by atoms with E-state index in [1.54, 1.807) is 18.3 Å². The fraction of sp³-hybridized carbons (Fsp3) is 0.200.